The fraction of sp³-hybridized carbons (Fsp3) is 1.00. The Morgan fingerprint density at radius 1 is 1.29 bits per heavy atom. The molecular weight excluding hydrogens is 216 g/mol. The molecule has 0 radical (unpaired) electrons. The smallest absolute Gasteiger partial charge is 0.0932 e. The molecule has 2 heterocycles. The number of rotatable bonds is 4. The van der Waals surface area contributed by atoms with Crippen LogP contribution in [0.1, 0.15) is 25.7 Å². The first-order valence-electron chi connectivity index (χ1n) is 6.94. The zero-order valence-electron chi connectivity index (χ0n) is 11.0. The molecule has 2 fully saturated rings. The van der Waals surface area contributed by atoms with Crippen molar-refractivity contribution in [2.45, 2.75) is 37.8 Å². The third kappa shape index (κ3) is 3.91. The molecule has 0 aromatic rings. The first-order chi connectivity index (χ1) is 8.29. The number of ether oxygens (including phenoxy) is 1. The quantitative estimate of drug-likeness (QED) is 0.781. The van der Waals surface area contributed by atoms with Crippen molar-refractivity contribution in [2.75, 3.05) is 46.4 Å². The van der Waals surface area contributed by atoms with Gasteiger partial charge in [-0.05, 0) is 39.4 Å². The van der Waals surface area contributed by atoms with Gasteiger partial charge in [0.15, 0.2) is 0 Å². The average Bonchev–Trinajstić information content (AvgIpc) is 2.38. The topological polar surface area (TPSA) is 35.9 Å². The van der Waals surface area contributed by atoms with Crippen molar-refractivity contribution in [1.82, 2.24) is 9.80 Å². The second-order valence-corrected chi connectivity index (χ2v) is 5.39. The lowest BCUT2D eigenvalue weighted by Gasteiger charge is -2.36. The van der Waals surface area contributed by atoms with E-state index in [2.05, 4.69) is 16.8 Å². The Labute approximate surface area is 105 Å². The predicted octanol–water partition coefficient (Wildman–Crippen LogP) is 0.554. The molecule has 17 heavy (non-hydrogen) atoms. The Balaban J connectivity index is 1.69. The van der Waals surface area contributed by atoms with Crippen LogP contribution >= 0.6 is 0 Å². The summed E-state index contributed by atoms with van der Waals surface area (Å²) in [6.07, 6.45) is 5.39. The Hall–Kier alpha value is -0.160. The van der Waals surface area contributed by atoms with Gasteiger partial charge >= 0.3 is 0 Å². The maximum Gasteiger partial charge on any atom is 0.0932 e. The number of likely N-dealkylation sites (tertiary alicyclic amines) is 1. The summed E-state index contributed by atoms with van der Waals surface area (Å²) in [6, 6.07) is 0.763. The molecule has 2 atom stereocenters. The SMILES string of the molecule is CN1CCCCC1CCN1CCOC(CO)C1. The van der Waals surface area contributed by atoms with Gasteiger partial charge in [0.05, 0.1) is 19.3 Å². The molecule has 0 spiro atoms. The van der Waals surface area contributed by atoms with E-state index >= 15 is 0 Å². The van der Waals surface area contributed by atoms with E-state index in [1.807, 2.05) is 0 Å². The Kier molecular flexibility index (Phi) is 5.22. The summed E-state index contributed by atoms with van der Waals surface area (Å²) in [5, 5.41) is 9.11. The van der Waals surface area contributed by atoms with Crippen LogP contribution in [0.5, 0.6) is 0 Å². The summed E-state index contributed by atoms with van der Waals surface area (Å²) < 4.78 is 5.47. The molecule has 2 saturated heterocycles. The molecule has 4 heteroatoms. The number of aliphatic hydroxyl groups is 1. The van der Waals surface area contributed by atoms with Gasteiger partial charge in [0.25, 0.3) is 0 Å². The van der Waals surface area contributed by atoms with E-state index in [4.69, 9.17) is 9.84 Å². The fourth-order valence-electron chi connectivity index (χ4n) is 2.93. The lowest BCUT2D eigenvalue weighted by Crippen LogP contribution is -2.46. The van der Waals surface area contributed by atoms with Gasteiger partial charge in [0.2, 0.25) is 0 Å². The number of morpholine rings is 1. The van der Waals surface area contributed by atoms with Crippen molar-refractivity contribution in [3.05, 3.63) is 0 Å². The summed E-state index contributed by atoms with van der Waals surface area (Å²) >= 11 is 0. The van der Waals surface area contributed by atoms with Gasteiger partial charge in [-0.15, -0.1) is 0 Å². The minimum Gasteiger partial charge on any atom is -0.394 e. The molecule has 4 nitrogen and oxygen atoms in total. The zero-order chi connectivity index (χ0) is 12.1. The van der Waals surface area contributed by atoms with Crippen molar-refractivity contribution < 1.29 is 9.84 Å². The number of hydrogen-bond donors (Lipinski definition) is 1. The standard InChI is InChI=1S/C13H26N2O2/c1-14-6-3-2-4-12(14)5-7-15-8-9-17-13(10-15)11-16/h12-13,16H,2-11H2,1H3. The third-order valence-electron chi connectivity index (χ3n) is 4.13. The molecule has 100 valence electrons. The van der Waals surface area contributed by atoms with Gasteiger partial charge in [0, 0.05) is 19.1 Å². The largest absolute Gasteiger partial charge is 0.394 e. The molecule has 2 aliphatic rings. The van der Waals surface area contributed by atoms with Crippen LogP contribution in [0.15, 0.2) is 0 Å². The zero-order valence-corrected chi connectivity index (χ0v) is 11.0. The van der Waals surface area contributed by atoms with Crippen molar-refractivity contribution in [1.29, 1.82) is 0 Å². The lowest BCUT2D eigenvalue weighted by molar-refractivity contribution is -0.0544. The molecular formula is C13H26N2O2. The van der Waals surface area contributed by atoms with E-state index < -0.39 is 0 Å². The maximum atomic E-state index is 9.11. The fourth-order valence-corrected chi connectivity index (χ4v) is 2.93. The molecule has 0 amide bonds. The molecule has 0 bridgehead atoms. The molecule has 1 N–H and O–H groups in total. The number of nitrogens with zero attached hydrogens (tertiary/aromatic N) is 2. The van der Waals surface area contributed by atoms with E-state index in [-0.39, 0.29) is 12.7 Å². The predicted molar refractivity (Wildman–Crippen MR) is 68.2 cm³/mol. The molecule has 2 unspecified atom stereocenters. The van der Waals surface area contributed by atoms with Crippen molar-refractivity contribution >= 4 is 0 Å². The van der Waals surface area contributed by atoms with Crippen LogP contribution in [-0.4, -0.2) is 73.5 Å². The minimum atomic E-state index is 0.0350. The Morgan fingerprint density at radius 3 is 2.94 bits per heavy atom. The van der Waals surface area contributed by atoms with Gasteiger partial charge in [-0.1, -0.05) is 6.42 Å². The first kappa shape index (κ1) is 13.3. The average molecular weight is 242 g/mol. The number of piperidine rings is 1. The highest BCUT2D eigenvalue weighted by Crippen LogP contribution is 2.18. The van der Waals surface area contributed by atoms with E-state index in [9.17, 15) is 0 Å². The van der Waals surface area contributed by atoms with E-state index in [0.29, 0.717) is 0 Å². The molecule has 0 aromatic heterocycles. The summed E-state index contributed by atoms with van der Waals surface area (Å²) in [6.45, 7) is 5.24. The highest BCUT2D eigenvalue weighted by molar-refractivity contribution is 4.77. The summed E-state index contributed by atoms with van der Waals surface area (Å²) in [7, 11) is 2.25. The van der Waals surface area contributed by atoms with E-state index in [0.717, 1.165) is 32.3 Å². The monoisotopic (exact) mass is 242 g/mol. The molecule has 0 saturated carbocycles. The van der Waals surface area contributed by atoms with Crippen LogP contribution in [0.2, 0.25) is 0 Å². The Morgan fingerprint density at radius 2 is 2.18 bits per heavy atom. The number of hydrogen-bond acceptors (Lipinski definition) is 4. The van der Waals surface area contributed by atoms with E-state index in [1.54, 1.807) is 0 Å². The van der Waals surface area contributed by atoms with Gasteiger partial charge in [-0.2, -0.15) is 0 Å². The van der Waals surface area contributed by atoms with Crippen molar-refractivity contribution in [2.24, 2.45) is 0 Å². The van der Waals surface area contributed by atoms with Crippen LogP contribution in [0.25, 0.3) is 0 Å². The maximum absolute atomic E-state index is 9.11. The van der Waals surface area contributed by atoms with Crippen LogP contribution in [0.4, 0.5) is 0 Å². The molecule has 2 aliphatic heterocycles. The molecule has 2 rings (SSSR count). The second kappa shape index (κ2) is 6.69. The van der Waals surface area contributed by atoms with Crippen molar-refractivity contribution in [3.63, 3.8) is 0 Å². The Bertz CT molecular complexity index is 225. The van der Waals surface area contributed by atoms with Crippen molar-refractivity contribution in [3.8, 4) is 0 Å². The highest BCUT2D eigenvalue weighted by Gasteiger charge is 2.23. The normalized spacial score (nSPS) is 32.8. The summed E-state index contributed by atoms with van der Waals surface area (Å²) in [5.74, 6) is 0. The summed E-state index contributed by atoms with van der Waals surface area (Å²) in [4.78, 5) is 4.94. The van der Waals surface area contributed by atoms with Crippen LogP contribution in [-0.2, 0) is 4.74 Å². The lowest BCUT2D eigenvalue weighted by atomic mass is 10.00. The van der Waals surface area contributed by atoms with Crippen LogP contribution in [0.3, 0.4) is 0 Å². The van der Waals surface area contributed by atoms with E-state index in [1.165, 1.54) is 32.2 Å². The first-order valence-corrected chi connectivity index (χ1v) is 6.94. The van der Waals surface area contributed by atoms with Gasteiger partial charge in [-0.3, -0.25) is 4.90 Å². The number of aliphatic hydroxyl groups excluding tert-OH is 1. The molecule has 0 aromatic carbocycles. The highest BCUT2D eigenvalue weighted by atomic mass is 16.5. The third-order valence-corrected chi connectivity index (χ3v) is 4.13. The van der Waals surface area contributed by atoms with Gasteiger partial charge < -0.3 is 14.7 Å². The van der Waals surface area contributed by atoms with Crippen LogP contribution in [0, 0.1) is 0 Å². The van der Waals surface area contributed by atoms with Gasteiger partial charge in [0.1, 0.15) is 0 Å². The minimum absolute atomic E-state index is 0.0350. The van der Waals surface area contributed by atoms with Crippen LogP contribution < -0.4 is 0 Å². The summed E-state index contributed by atoms with van der Waals surface area (Å²) in [5.41, 5.74) is 0. The van der Waals surface area contributed by atoms with Gasteiger partial charge in [-0.25, -0.2) is 0 Å². The second-order valence-electron chi connectivity index (χ2n) is 5.39. The molecule has 0 aliphatic carbocycles.